The molecule has 0 saturated carbocycles. The predicted molar refractivity (Wildman–Crippen MR) is 64.9 cm³/mol. The number of hydrogen-bond acceptors (Lipinski definition) is 3. The summed E-state index contributed by atoms with van der Waals surface area (Å²) < 4.78 is 11.1. The van der Waals surface area contributed by atoms with Gasteiger partial charge in [0, 0.05) is 0 Å². The van der Waals surface area contributed by atoms with E-state index in [1.165, 1.54) is 6.42 Å². The van der Waals surface area contributed by atoms with Gasteiger partial charge >= 0.3 is 6.09 Å². The van der Waals surface area contributed by atoms with Crippen molar-refractivity contribution >= 4 is 6.09 Å². The summed E-state index contributed by atoms with van der Waals surface area (Å²) in [7, 11) is 0. The Morgan fingerprint density at radius 2 is 2.00 bits per heavy atom. The number of amides is 1. The Morgan fingerprint density at radius 1 is 1.29 bits per heavy atom. The lowest BCUT2D eigenvalue weighted by Crippen LogP contribution is -2.60. The van der Waals surface area contributed by atoms with Gasteiger partial charge in [0.1, 0.15) is 5.60 Å². The number of fused-ring (bicyclic) bond motifs is 2. The molecule has 2 saturated heterocycles. The van der Waals surface area contributed by atoms with Crippen molar-refractivity contribution in [3.05, 3.63) is 0 Å². The molecule has 0 radical (unpaired) electrons. The van der Waals surface area contributed by atoms with Gasteiger partial charge in [-0.05, 0) is 39.5 Å². The van der Waals surface area contributed by atoms with Crippen molar-refractivity contribution in [2.75, 3.05) is 13.2 Å². The van der Waals surface area contributed by atoms with Crippen molar-refractivity contribution in [2.45, 2.75) is 58.2 Å². The van der Waals surface area contributed by atoms with Crippen LogP contribution >= 0.6 is 0 Å². The topological polar surface area (TPSA) is 38.8 Å². The molecule has 0 spiro atoms. The minimum atomic E-state index is -0.424. The standard InChI is InChI=1S/C13H23NO3/c1-9-5-6-10-7-16-8-11(9)14(10)12(15)17-13(2,3)4/h9-11H,5-8H2,1-4H3/t9?,10?,11-/m0/s1. The van der Waals surface area contributed by atoms with Crippen LogP contribution in [0.5, 0.6) is 0 Å². The summed E-state index contributed by atoms with van der Waals surface area (Å²) in [5.74, 6) is 0.499. The lowest BCUT2D eigenvalue weighted by Gasteiger charge is -2.48. The van der Waals surface area contributed by atoms with Crippen LogP contribution in [0.1, 0.15) is 40.5 Å². The van der Waals surface area contributed by atoms with Gasteiger partial charge in [-0.2, -0.15) is 0 Å². The fraction of sp³-hybridized carbons (Fsp3) is 0.923. The summed E-state index contributed by atoms with van der Waals surface area (Å²) >= 11 is 0. The van der Waals surface area contributed by atoms with E-state index >= 15 is 0 Å². The van der Waals surface area contributed by atoms with Crippen LogP contribution in [-0.2, 0) is 9.47 Å². The first kappa shape index (κ1) is 12.7. The van der Waals surface area contributed by atoms with E-state index in [1.807, 2.05) is 25.7 Å². The van der Waals surface area contributed by atoms with E-state index in [0.29, 0.717) is 19.1 Å². The van der Waals surface area contributed by atoms with Crippen LogP contribution < -0.4 is 0 Å². The summed E-state index contributed by atoms with van der Waals surface area (Å²) in [6.45, 7) is 9.21. The van der Waals surface area contributed by atoms with E-state index in [1.54, 1.807) is 0 Å². The number of carbonyl (C=O) groups excluding carboxylic acids is 1. The third-order valence-corrected chi connectivity index (χ3v) is 3.57. The number of morpholine rings is 1. The Morgan fingerprint density at radius 3 is 2.65 bits per heavy atom. The normalized spacial score (nSPS) is 33.4. The number of rotatable bonds is 0. The summed E-state index contributed by atoms with van der Waals surface area (Å²) in [6.07, 6.45) is 2.02. The fourth-order valence-corrected chi connectivity index (χ4v) is 2.66. The van der Waals surface area contributed by atoms with Gasteiger partial charge in [0.25, 0.3) is 0 Å². The minimum absolute atomic E-state index is 0.178. The average Bonchev–Trinajstić information content (AvgIpc) is 2.21. The van der Waals surface area contributed by atoms with Crippen molar-refractivity contribution in [3.63, 3.8) is 0 Å². The van der Waals surface area contributed by atoms with Gasteiger partial charge in [-0.25, -0.2) is 4.79 Å². The van der Waals surface area contributed by atoms with Crippen molar-refractivity contribution < 1.29 is 14.3 Å². The highest BCUT2D eigenvalue weighted by molar-refractivity contribution is 5.69. The summed E-state index contributed by atoms with van der Waals surface area (Å²) in [5, 5.41) is 0. The molecule has 2 fully saturated rings. The first-order valence-corrected chi connectivity index (χ1v) is 6.47. The highest BCUT2D eigenvalue weighted by Gasteiger charge is 2.43. The van der Waals surface area contributed by atoms with E-state index in [9.17, 15) is 4.79 Å². The predicted octanol–water partition coefficient (Wildman–Crippen LogP) is 2.42. The molecule has 0 aromatic heterocycles. The van der Waals surface area contributed by atoms with Crippen LogP contribution in [0.3, 0.4) is 0 Å². The summed E-state index contributed by atoms with van der Waals surface area (Å²) in [4.78, 5) is 14.1. The second kappa shape index (κ2) is 4.48. The van der Waals surface area contributed by atoms with Gasteiger partial charge in [-0.1, -0.05) is 6.92 Å². The van der Waals surface area contributed by atoms with Crippen molar-refractivity contribution in [1.82, 2.24) is 4.90 Å². The number of hydrogen-bond donors (Lipinski definition) is 0. The van der Waals surface area contributed by atoms with Gasteiger partial charge in [0.2, 0.25) is 0 Å². The molecule has 0 aromatic carbocycles. The maximum Gasteiger partial charge on any atom is 0.410 e. The number of nitrogens with zero attached hydrogens (tertiary/aromatic N) is 1. The van der Waals surface area contributed by atoms with E-state index < -0.39 is 5.60 Å². The van der Waals surface area contributed by atoms with Crippen LogP contribution in [0.15, 0.2) is 0 Å². The van der Waals surface area contributed by atoms with Crippen LogP contribution in [0.4, 0.5) is 4.79 Å². The highest BCUT2D eigenvalue weighted by Crippen LogP contribution is 2.32. The lowest BCUT2D eigenvalue weighted by molar-refractivity contribution is -0.0941. The van der Waals surface area contributed by atoms with Crippen molar-refractivity contribution in [2.24, 2.45) is 5.92 Å². The molecule has 0 aliphatic carbocycles. The van der Waals surface area contributed by atoms with Gasteiger partial charge in [0.05, 0.1) is 25.3 Å². The zero-order chi connectivity index (χ0) is 12.6. The molecule has 2 bridgehead atoms. The summed E-state index contributed by atoms with van der Waals surface area (Å²) in [6, 6.07) is 0.400. The molecule has 1 amide bonds. The Hall–Kier alpha value is -0.770. The molecule has 2 aliphatic rings. The zero-order valence-corrected chi connectivity index (χ0v) is 11.2. The molecule has 0 N–H and O–H groups in total. The maximum atomic E-state index is 12.2. The lowest BCUT2D eigenvalue weighted by atomic mass is 9.86. The van der Waals surface area contributed by atoms with Crippen LogP contribution in [0.25, 0.3) is 0 Å². The number of piperidine rings is 1. The number of carbonyl (C=O) groups is 1. The maximum absolute atomic E-state index is 12.2. The van der Waals surface area contributed by atoms with Gasteiger partial charge in [0.15, 0.2) is 0 Å². The molecule has 2 rings (SSSR count). The monoisotopic (exact) mass is 241 g/mol. The summed E-state index contributed by atoms with van der Waals surface area (Å²) in [5.41, 5.74) is -0.424. The molecule has 2 unspecified atom stereocenters. The van der Waals surface area contributed by atoms with Crippen LogP contribution in [-0.4, -0.2) is 41.9 Å². The molecular formula is C13H23NO3. The van der Waals surface area contributed by atoms with E-state index in [4.69, 9.17) is 9.47 Å². The molecule has 98 valence electrons. The second-order valence-electron chi connectivity index (χ2n) is 6.20. The SMILES string of the molecule is CC1CCC2COC[C@@H]1N2C(=O)OC(C)(C)C. The Labute approximate surface area is 103 Å². The Balaban J connectivity index is 2.10. The Kier molecular flexibility index (Phi) is 3.34. The highest BCUT2D eigenvalue weighted by atomic mass is 16.6. The average molecular weight is 241 g/mol. The van der Waals surface area contributed by atoms with Crippen LogP contribution in [0.2, 0.25) is 0 Å². The van der Waals surface area contributed by atoms with Gasteiger partial charge < -0.3 is 9.47 Å². The van der Waals surface area contributed by atoms with Gasteiger partial charge in [-0.3, -0.25) is 4.90 Å². The molecule has 3 atom stereocenters. The zero-order valence-electron chi connectivity index (χ0n) is 11.2. The smallest absolute Gasteiger partial charge is 0.410 e. The molecule has 4 heteroatoms. The Bertz CT molecular complexity index is 298. The first-order valence-electron chi connectivity index (χ1n) is 6.47. The first-order chi connectivity index (χ1) is 7.88. The van der Waals surface area contributed by atoms with Crippen LogP contribution in [0, 0.1) is 5.92 Å². The molecule has 0 aromatic rings. The largest absolute Gasteiger partial charge is 0.444 e. The third kappa shape index (κ3) is 2.73. The third-order valence-electron chi connectivity index (χ3n) is 3.57. The quantitative estimate of drug-likeness (QED) is 0.654. The molecule has 4 nitrogen and oxygen atoms in total. The molecule has 2 aliphatic heterocycles. The molecule has 17 heavy (non-hydrogen) atoms. The molecular weight excluding hydrogens is 218 g/mol. The number of ether oxygens (including phenoxy) is 2. The van der Waals surface area contributed by atoms with E-state index in [-0.39, 0.29) is 18.2 Å². The minimum Gasteiger partial charge on any atom is -0.444 e. The van der Waals surface area contributed by atoms with E-state index in [2.05, 4.69) is 6.92 Å². The van der Waals surface area contributed by atoms with E-state index in [0.717, 1.165) is 6.42 Å². The van der Waals surface area contributed by atoms with Gasteiger partial charge in [-0.15, -0.1) is 0 Å². The van der Waals surface area contributed by atoms with Crippen molar-refractivity contribution in [1.29, 1.82) is 0 Å². The fourth-order valence-electron chi connectivity index (χ4n) is 2.66. The molecule has 2 heterocycles. The second-order valence-corrected chi connectivity index (χ2v) is 6.20. The van der Waals surface area contributed by atoms with Crippen molar-refractivity contribution in [3.8, 4) is 0 Å².